The van der Waals surface area contributed by atoms with Crippen LogP contribution in [0.25, 0.3) is 0 Å². The largest absolute Gasteiger partial charge is 0.478 e. The smallest absolute Gasteiger partial charge is 0.407 e. The molecule has 0 atom stereocenters. The number of hydrogen-bond acceptors (Lipinski definition) is 5. The fourth-order valence-electron chi connectivity index (χ4n) is 3.11. The molecule has 0 aromatic carbocycles. The average Bonchev–Trinajstić information content (AvgIpc) is 2.52. The lowest BCUT2D eigenvalue weighted by Crippen LogP contribution is -2.46. The minimum atomic E-state index is -0.940. The van der Waals surface area contributed by atoms with E-state index in [9.17, 15) is 14.7 Å². The van der Waals surface area contributed by atoms with Crippen LogP contribution in [-0.2, 0) is 11.2 Å². The number of carbonyl (C=O) groups is 2. The van der Waals surface area contributed by atoms with Gasteiger partial charge in [-0.15, -0.1) is 0 Å². The Bertz CT molecular complexity index is 674. The Hall–Kier alpha value is -2.31. The summed E-state index contributed by atoms with van der Waals surface area (Å²) in [5, 5.41) is 12.3. The zero-order chi connectivity index (χ0) is 20.2. The van der Waals surface area contributed by atoms with Gasteiger partial charge in [0.05, 0.1) is 5.56 Å². The number of carboxylic acid groups (broad SMARTS) is 1. The molecule has 1 aliphatic heterocycles. The van der Waals surface area contributed by atoms with Gasteiger partial charge >= 0.3 is 12.1 Å². The van der Waals surface area contributed by atoms with Crippen LogP contribution in [0.1, 0.15) is 63.5 Å². The molecule has 0 bridgehead atoms. The molecule has 150 valence electrons. The zero-order valence-corrected chi connectivity index (χ0v) is 16.9. The Morgan fingerprint density at radius 2 is 1.93 bits per heavy atom. The third-order valence-electron chi connectivity index (χ3n) is 4.27. The summed E-state index contributed by atoms with van der Waals surface area (Å²) in [7, 11) is 0. The molecule has 27 heavy (non-hydrogen) atoms. The van der Waals surface area contributed by atoms with E-state index in [1.165, 1.54) is 0 Å². The second-order valence-corrected chi connectivity index (χ2v) is 8.52. The predicted molar refractivity (Wildman–Crippen MR) is 104 cm³/mol. The van der Waals surface area contributed by atoms with Gasteiger partial charge in [-0.25, -0.2) is 14.6 Å². The van der Waals surface area contributed by atoms with Crippen LogP contribution >= 0.6 is 0 Å². The molecule has 2 heterocycles. The van der Waals surface area contributed by atoms with Crippen molar-refractivity contribution in [3.8, 4) is 0 Å². The first-order valence-electron chi connectivity index (χ1n) is 9.52. The summed E-state index contributed by atoms with van der Waals surface area (Å²) < 4.78 is 5.31. The van der Waals surface area contributed by atoms with E-state index < -0.39 is 17.7 Å². The molecule has 1 aromatic rings. The lowest BCUT2D eigenvalue weighted by Gasteiger charge is -2.34. The molecular formula is C20H31N3O4. The van der Waals surface area contributed by atoms with Gasteiger partial charge in [-0.05, 0) is 58.1 Å². The molecule has 1 aromatic heterocycles. The van der Waals surface area contributed by atoms with Gasteiger partial charge in [0.2, 0.25) is 0 Å². The maximum absolute atomic E-state index is 11.9. The number of anilines is 1. The van der Waals surface area contributed by atoms with Crippen molar-refractivity contribution in [2.75, 3.05) is 18.0 Å². The van der Waals surface area contributed by atoms with E-state index in [2.05, 4.69) is 29.0 Å². The lowest BCUT2D eigenvalue weighted by molar-refractivity contribution is 0.0496. The summed E-state index contributed by atoms with van der Waals surface area (Å²) in [6.45, 7) is 11.1. The summed E-state index contributed by atoms with van der Waals surface area (Å²) in [5.41, 5.74) is 0.553. The van der Waals surface area contributed by atoms with Gasteiger partial charge in [0.1, 0.15) is 11.4 Å². The normalized spacial score (nSPS) is 15.7. The Morgan fingerprint density at radius 3 is 2.44 bits per heavy atom. The van der Waals surface area contributed by atoms with Crippen molar-refractivity contribution in [3.05, 3.63) is 23.4 Å². The number of alkyl carbamates (subject to hydrolysis) is 1. The molecule has 0 unspecified atom stereocenters. The zero-order valence-electron chi connectivity index (χ0n) is 16.9. The van der Waals surface area contributed by atoms with Gasteiger partial charge in [0.25, 0.3) is 0 Å². The van der Waals surface area contributed by atoms with Crippen LogP contribution in [-0.4, -0.2) is 46.9 Å². The van der Waals surface area contributed by atoms with E-state index in [1.807, 2.05) is 20.8 Å². The van der Waals surface area contributed by atoms with E-state index in [-0.39, 0.29) is 11.6 Å². The van der Waals surface area contributed by atoms with Crippen LogP contribution in [0.3, 0.4) is 0 Å². The molecular weight excluding hydrogens is 346 g/mol. The first kappa shape index (κ1) is 21.0. The SMILES string of the molecule is CC(C)Cc1cc(C(=O)O)cc(N2CCC(NC(=O)OC(C)(C)C)CC2)n1. The second kappa shape index (κ2) is 8.59. The Kier molecular flexibility index (Phi) is 6.68. The van der Waals surface area contributed by atoms with Crippen LogP contribution in [0.15, 0.2) is 12.1 Å². The number of aromatic nitrogens is 1. The first-order valence-corrected chi connectivity index (χ1v) is 9.52. The van der Waals surface area contributed by atoms with Gasteiger partial charge in [-0.3, -0.25) is 0 Å². The van der Waals surface area contributed by atoms with Crippen molar-refractivity contribution in [1.82, 2.24) is 10.3 Å². The molecule has 0 radical (unpaired) electrons. The standard InChI is InChI=1S/C20H31N3O4/c1-13(2)10-16-11-14(18(24)25)12-17(21-16)23-8-6-15(7-9-23)22-19(26)27-20(3,4)5/h11-13,15H,6-10H2,1-5H3,(H,22,26)(H,24,25). The molecule has 1 aliphatic rings. The maximum Gasteiger partial charge on any atom is 0.407 e. The first-order chi connectivity index (χ1) is 12.5. The molecule has 7 heteroatoms. The van der Waals surface area contributed by atoms with E-state index in [1.54, 1.807) is 12.1 Å². The Balaban J connectivity index is 2.01. The Morgan fingerprint density at radius 1 is 1.30 bits per heavy atom. The molecule has 0 saturated carbocycles. The van der Waals surface area contributed by atoms with Crippen molar-refractivity contribution in [2.24, 2.45) is 5.92 Å². The number of pyridine rings is 1. The number of hydrogen-bond donors (Lipinski definition) is 2. The molecule has 0 spiro atoms. The Labute approximate surface area is 161 Å². The highest BCUT2D eigenvalue weighted by molar-refractivity contribution is 5.88. The number of ether oxygens (including phenoxy) is 1. The fourth-order valence-corrected chi connectivity index (χ4v) is 3.11. The molecule has 2 rings (SSSR count). The number of nitrogens with one attached hydrogen (secondary N) is 1. The van der Waals surface area contributed by atoms with Crippen molar-refractivity contribution in [1.29, 1.82) is 0 Å². The third kappa shape index (κ3) is 6.73. The molecule has 1 saturated heterocycles. The molecule has 0 aliphatic carbocycles. The monoisotopic (exact) mass is 377 g/mol. The summed E-state index contributed by atoms with van der Waals surface area (Å²) in [6.07, 6.45) is 1.87. The van der Waals surface area contributed by atoms with Crippen molar-refractivity contribution in [2.45, 2.75) is 65.5 Å². The highest BCUT2D eigenvalue weighted by Gasteiger charge is 2.25. The summed E-state index contributed by atoms with van der Waals surface area (Å²) in [6, 6.07) is 3.34. The van der Waals surface area contributed by atoms with Crippen LogP contribution in [0.5, 0.6) is 0 Å². The van der Waals surface area contributed by atoms with Crippen molar-refractivity contribution >= 4 is 17.9 Å². The fraction of sp³-hybridized carbons (Fsp3) is 0.650. The summed E-state index contributed by atoms with van der Waals surface area (Å²) in [5.74, 6) is 0.157. The van der Waals surface area contributed by atoms with Crippen LogP contribution < -0.4 is 10.2 Å². The van der Waals surface area contributed by atoms with E-state index in [0.29, 0.717) is 24.8 Å². The third-order valence-corrected chi connectivity index (χ3v) is 4.27. The van der Waals surface area contributed by atoms with Crippen molar-refractivity contribution in [3.63, 3.8) is 0 Å². The van der Waals surface area contributed by atoms with E-state index in [4.69, 9.17) is 4.74 Å². The molecule has 1 fully saturated rings. The molecule has 7 nitrogen and oxygen atoms in total. The number of carboxylic acids is 1. The second-order valence-electron chi connectivity index (χ2n) is 8.52. The maximum atomic E-state index is 11.9. The van der Waals surface area contributed by atoms with E-state index >= 15 is 0 Å². The number of rotatable bonds is 5. The van der Waals surface area contributed by atoms with Gasteiger partial charge in [-0.2, -0.15) is 0 Å². The van der Waals surface area contributed by atoms with Gasteiger partial charge in [0.15, 0.2) is 0 Å². The quantitative estimate of drug-likeness (QED) is 0.816. The number of nitrogens with zero attached hydrogens (tertiary/aromatic N) is 2. The summed E-state index contributed by atoms with van der Waals surface area (Å²) in [4.78, 5) is 30.1. The number of aromatic carboxylic acids is 1. The minimum absolute atomic E-state index is 0.0499. The molecule has 1 amide bonds. The van der Waals surface area contributed by atoms with Gasteiger partial charge < -0.3 is 20.1 Å². The lowest BCUT2D eigenvalue weighted by atomic mass is 10.0. The van der Waals surface area contributed by atoms with Crippen LogP contribution in [0.2, 0.25) is 0 Å². The predicted octanol–water partition coefficient (Wildman–Crippen LogP) is 3.47. The number of piperidine rings is 1. The van der Waals surface area contributed by atoms with Crippen LogP contribution in [0.4, 0.5) is 10.6 Å². The molecule has 2 N–H and O–H groups in total. The highest BCUT2D eigenvalue weighted by Crippen LogP contribution is 2.22. The highest BCUT2D eigenvalue weighted by atomic mass is 16.6. The minimum Gasteiger partial charge on any atom is -0.478 e. The van der Waals surface area contributed by atoms with Crippen LogP contribution in [0, 0.1) is 5.92 Å². The van der Waals surface area contributed by atoms with Gasteiger partial charge in [-0.1, -0.05) is 13.8 Å². The topological polar surface area (TPSA) is 91.8 Å². The van der Waals surface area contributed by atoms with E-state index in [0.717, 1.165) is 25.0 Å². The number of carbonyl (C=O) groups excluding carboxylic acids is 1. The van der Waals surface area contributed by atoms with Gasteiger partial charge in [0, 0.05) is 24.8 Å². The van der Waals surface area contributed by atoms with Crippen molar-refractivity contribution < 1.29 is 19.4 Å². The average molecular weight is 377 g/mol. The summed E-state index contributed by atoms with van der Waals surface area (Å²) >= 11 is 0. The number of amides is 1.